The smallest absolute Gasteiger partial charge is 0.225 e. The largest absolute Gasteiger partial charge is 0.354 e. The number of carbonyl (C=O) groups is 1. The number of rotatable bonds is 4. The summed E-state index contributed by atoms with van der Waals surface area (Å²) in [6.45, 7) is 1.44. The fourth-order valence-corrected chi connectivity index (χ4v) is 4.75. The summed E-state index contributed by atoms with van der Waals surface area (Å²) >= 11 is 0. The molecule has 2 aliphatic rings. The van der Waals surface area contributed by atoms with Gasteiger partial charge in [-0.3, -0.25) is 4.79 Å². The van der Waals surface area contributed by atoms with E-state index < -0.39 is 11.6 Å². The van der Waals surface area contributed by atoms with Crippen LogP contribution in [0, 0.1) is 17.6 Å². The molecule has 0 bridgehead atoms. The molecule has 1 aliphatic heterocycles. The topological polar surface area (TPSA) is 62.5 Å². The lowest BCUT2D eigenvalue weighted by molar-refractivity contribution is -0.125. The summed E-state index contributed by atoms with van der Waals surface area (Å²) in [4.78, 5) is 19.6. The highest BCUT2D eigenvalue weighted by molar-refractivity contribution is 5.80. The van der Waals surface area contributed by atoms with E-state index in [9.17, 15) is 13.6 Å². The van der Waals surface area contributed by atoms with Crippen LogP contribution < -0.4 is 10.2 Å². The van der Waals surface area contributed by atoms with Crippen molar-refractivity contribution >= 4 is 17.2 Å². The van der Waals surface area contributed by atoms with Crippen molar-refractivity contribution in [3.63, 3.8) is 0 Å². The van der Waals surface area contributed by atoms with E-state index in [1.807, 2.05) is 10.7 Å². The number of amides is 1. The van der Waals surface area contributed by atoms with Gasteiger partial charge in [-0.15, -0.1) is 0 Å². The van der Waals surface area contributed by atoms with Crippen LogP contribution in [0.15, 0.2) is 30.6 Å². The van der Waals surface area contributed by atoms with E-state index in [2.05, 4.69) is 15.2 Å². The molecule has 162 valence electrons. The Morgan fingerprint density at radius 3 is 2.94 bits per heavy atom. The SMILES string of the molecule is O=C(NCc1ccc(F)cc1F)C1CCCN(c2nccn3nc4c(c23)CCCC4)C1. The van der Waals surface area contributed by atoms with Gasteiger partial charge in [-0.1, -0.05) is 6.07 Å². The minimum Gasteiger partial charge on any atom is -0.354 e. The first kappa shape index (κ1) is 19.9. The maximum absolute atomic E-state index is 13.9. The van der Waals surface area contributed by atoms with Gasteiger partial charge in [0.1, 0.15) is 17.2 Å². The summed E-state index contributed by atoms with van der Waals surface area (Å²) < 4.78 is 28.9. The molecule has 3 heterocycles. The fourth-order valence-electron chi connectivity index (χ4n) is 4.75. The molecule has 1 aliphatic carbocycles. The molecule has 3 aromatic rings. The zero-order valence-electron chi connectivity index (χ0n) is 17.3. The lowest BCUT2D eigenvalue weighted by atomic mass is 9.95. The van der Waals surface area contributed by atoms with E-state index in [0.717, 1.165) is 61.7 Å². The second kappa shape index (κ2) is 8.24. The van der Waals surface area contributed by atoms with Gasteiger partial charge < -0.3 is 10.2 Å². The molecule has 1 saturated heterocycles. The van der Waals surface area contributed by atoms with Gasteiger partial charge in [0, 0.05) is 49.2 Å². The lowest BCUT2D eigenvalue weighted by Gasteiger charge is -2.33. The summed E-state index contributed by atoms with van der Waals surface area (Å²) in [7, 11) is 0. The van der Waals surface area contributed by atoms with Crippen LogP contribution in [-0.4, -0.2) is 33.6 Å². The maximum atomic E-state index is 13.9. The molecule has 5 rings (SSSR count). The molecule has 2 aromatic heterocycles. The van der Waals surface area contributed by atoms with Crippen molar-refractivity contribution in [1.29, 1.82) is 0 Å². The Morgan fingerprint density at radius 2 is 2.06 bits per heavy atom. The number of hydrogen-bond donors (Lipinski definition) is 1. The van der Waals surface area contributed by atoms with Crippen LogP contribution in [0.2, 0.25) is 0 Å². The van der Waals surface area contributed by atoms with E-state index in [1.165, 1.54) is 24.1 Å². The molecule has 1 aromatic carbocycles. The number of aryl methyl sites for hydroxylation is 2. The van der Waals surface area contributed by atoms with Crippen molar-refractivity contribution in [3.8, 4) is 0 Å². The van der Waals surface area contributed by atoms with Crippen molar-refractivity contribution in [1.82, 2.24) is 19.9 Å². The normalized spacial score (nSPS) is 18.8. The predicted molar refractivity (Wildman–Crippen MR) is 113 cm³/mol. The minimum atomic E-state index is -0.646. The second-order valence-electron chi connectivity index (χ2n) is 8.42. The van der Waals surface area contributed by atoms with Gasteiger partial charge in [-0.05, 0) is 44.6 Å². The Balaban J connectivity index is 1.32. The summed E-state index contributed by atoms with van der Waals surface area (Å²) in [5, 5.41) is 7.57. The monoisotopic (exact) mass is 425 g/mol. The molecule has 1 N–H and O–H groups in total. The van der Waals surface area contributed by atoms with Crippen molar-refractivity contribution in [2.24, 2.45) is 5.92 Å². The Labute approximate surface area is 179 Å². The Hall–Kier alpha value is -3.03. The number of anilines is 1. The second-order valence-corrected chi connectivity index (χ2v) is 8.42. The lowest BCUT2D eigenvalue weighted by Crippen LogP contribution is -2.43. The predicted octanol–water partition coefficient (Wildman–Crippen LogP) is 3.42. The van der Waals surface area contributed by atoms with Crippen LogP contribution in [0.3, 0.4) is 0 Å². The minimum absolute atomic E-state index is 0.0470. The molecule has 6 nitrogen and oxygen atoms in total. The van der Waals surface area contributed by atoms with Crippen LogP contribution >= 0.6 is 0 Å². The van der Waals surface area contributed by atoms with Crippen molar-refractivity contribution in [3.05, 3.63) is 59.0 Å². The van der Waals surface area contributed by atoms with Crippen molar-refractivity contribution < 1.29 is 13.6 Å². The highest BCUT2D eigenvalue weighted by Crippen LogP contribution is 2.32. The molecule has 0 radical (unpaired) electrons. The summed E-state index contributed by atoms with van der Waals surface area (Å²) in [5.41, 5.74) is 3.78. The van der Waals surface area contributed by atoms with Crippen molar-refractivity contribution in [2.75, 3.05) is 18.0 Å². The first-order valence-corrected chi connectivity index (χ1v) is 10.9. The fraction of sp³-hybridized carbons (Fsp3) is 0.435. The Morgan fingerprint density at radius 1 is 1.19 bits per heavy atom. The average molecular weight is 425 g/mol. The first-order chi connectivity index (χ1) is 15.1. The number of nitrogens with one attached hydrogen (secondary N) is 1. The van der Waals surface area contributed by atoms with E-state index in [4.69, 9.17) is 5.10 Å². The van der Waals surface area contributed by atoms with E-state index in [0.29, 0.717) is 6.54 Å². The highest BCUT2D eigenvalue weighted by Gasteiger charge is 2.29. The third-order valence-electron chi connectivity index (χ3n) is 6.36. The third kappa shape index (κ3) is 3.86. The Bertz CT molecular complexity index is 1130. The highest BCUT2D eigenvalue weighted by atomic mass is 19.1. The van der Waals surface area contributed by atoms with Gasteiger partial charge in [-0.2, -0.15) is 5.10 Å². The molecule has 1 atom stereocenters. The zero-order chi connectivity index (χ0) is 21.4. The number of hydrogen-bond acceptors (Lipinski definition) is 4. The zero-order valence-corrected chi connectivity index (χ0v) is 17.3. The number of nitrogens with zero attached hydrogens (tertiary/aromatic N) is 4. The molecule has 1 unspecified atom stereocenters. The molecular weight excluding hydrogens is 400 g/mol. The van der Waals surface area contributed by atoms with Crippen LogP contribution in [0.4, 0.5) is 14.6 Å². The number of halogens is 2. The van der Waals surface area contributed by atoms with Crippen LogP contribution in [0.5, 0.6) is 0 Å². The molecule has 0 saturated carbocycles. The standard InChI is InChI=1S/C23H25F2N5O/c24-17-8-7-15(19(25)12-17)13-27-23(31)16-4-3-10-29(14-16)22-21-18-5-1-2-6-20(18)28-30(21)11-9-26-22/h7-9,11-12,16H,1-6,10,13-14H2,(H,27,31). The maximum Gasteiger partial charge on any atom is 0.225 e. The van der Waals surface area contributed by atoms with Crippen molar-refractivity contribution in [2.45, 2.75) is 45.1 Å². The summed E-state index contributed by atoms with van der Waals surface area (Å²) in [6.07, 6.45) is 9.65. The number of piperidine rings is 1. The van der Waals surface area contributed by atoms with Gasteiger partial charge in [0.25, 0.3) is 0 Å². The number of benzene rings is 1. The van der Waals surface area contributed by atoms with E-state index >= 15 is 0 Å². The van der Waals surface area contributed by atoms with E-state index in [-0.39, 0.29) is 23.9 Å². The number of aromatic nitrogens is 3. The van der Waals surface area contributed by atoms with Gasteiger partial charge in [-0.25, -0.2) is 18.3 Å². The quantitative estimate of drug-likeness (QED) is 0.696. The average Bonchev–Trinajstić information content (AvgIpc) is 3.17. The summed E-state index contributed by atoms with van der Waals surface area (Å²) in [5.74, 6) is -0.708. The van der Waals surface area contributed by atoms with Gasteiger partial charge in [0.05, 0.1) is 11.6 Å². The van der Waals surface area contributed by atoms with Crippen LogP contribution in [-0.2, 0) is 24.2 Å². The molecule has 1 amide bonds. The van der Waals surface area contributed by atoms with Gasteiger partial charge >= 0.3 is 0 Å². The molecule has 1 fully saturated rings. The first-order valence-electron chi connectivity index (χ1n) is 10.9. The molecule has 8 heteroatoms. The number of carbonyl (C=O) groups excluding carboxylic acids is 1. The Kier molecular flexibility index (Phi) is 5.29. The van der Waals surface area contributed by atoms with Crippen LogP contribution in [0.1, 0.15) is 42.5 Å². The molecule has 0 spiro atoms. The molecule has 31 heavy (non-hydrogen) atoms. The molecular formula is C23H25F2N5O. The third-order valence-corrected chi connectivity index (χ3v) is 6.36. The summed E-state index contributed by atoms with van der Waals surface area (Å²) in [6, 6.07) is 3.40. The van der Waals surface area contributed by atoms with Gasteiger partial charge in [0.2, 0.25) is 5.91 Å². The van der Waals surface area contributed by atoms with Gasteiger partial charge in [0.15, 0.2) is 5.82 Å². The number of fused-ring (bicyclic) bond motifs is 3. The van der Waals surface area contributed by atoms with Crippen LogP contribution in [0.25, 0.3) is 5.52 Å². The van der Waals surface area contributed by atoms with E-state index in [1.54, 1.807) is 6.20 Å².